The molecule has 152 valence electrons. The smallest absolute Gasteiger partial charge is 0.153 e. The monoisotopic (exact) mass is 416 g/mol. The Hall–Kier alpha value is -2.81. The molecule has 0 saturated carbocycles. The van der Waals surface area contributed by atoms with Crippen molar-refractivity contribution in [2.24, 2.45) is 0 Å². The third-order valence-electron chi connectivity index (χ3n) is 5.38. The van der Waals surface area contributed by atoms with E-state index in [-0.39, 0.29) is 5.92 Å². The van der Waals surface area contributed by atoms with E-state index in [1.54, 1.807) is 0 Å². The minimum absolute atomic E-state index is 0.0113. The molecule has 1 atom stereocenters. The van der Waals surface area contributed by atoms with E-state index >= 15 is 0 Å². The number of nitrogens with one attached hydrogen (secondary N) is 1. The third kappa shape index (κ3) is 4.21. The summed E-state index contributed by atoms with van der Waals surface area (Å²) in [5.41, 5.74) is 5.61. The molecule has 0 fully saturated rings. The van der Waals surface area contributed by atoms with Gasteiger partial charge in [-0.05, 0) is 30.2 Å². The Morgan fingerprint density at radius 1 is 0.900 bits per heavy atom. The number of para-hydroxylation sites is 1. The molecule has 0 radical (unpaired) electrons. The van der Waals surface area contributed by atoms with Crippen LogP contribution in [0.25, 0.3) is 5.76 Å². The fourth-order valence-corrected chi connectivity index (χ4v) is 4.14. The van der Waals surface area contributed by atoms with Crippen LogP contribution in [0.3, 0.4) is 0 Å². The summed E-state index contributed by atoms with van der Waals surface area (Å²) in [6.45, 7) is 2.96. The van der Waals surface area contributed by atoms with Crippen molar-refractivity contribution in [3.63, 3.8) is 0 Å². The van der Waals surface area contributed by atoms with Gasteiger partial charge in [-0.2, -0.15) is 0 Å². The Morgan fingerprint density at radius 2 is 1.57 bits per heavy atom. The number of hydrogen-bond acceptors (Lipinski definition) is 1. The van der Waals surface area contributed by atoms with Crippen molar-refractivity contribution in [3.8, 4) is 5.75 Å². The number of benzene rings is 3. The molecule has 3 heteroatoms. The number of rotatable bonds is 4. The highest BCUT2D eigenvalue weighted by molar-refractivity contribution is 6.35. The lowest BCUT2D eigenvalue weighted by Crippen LogP contribution is -3.05. The van der Waals surface area contributed by atoms with Crippen molar-refractivity contribution in [1.82, 2.24) is 0 Å². The van der Waals surface area contributed by atoms with E-state index in [1.807, 2.05) is 18.2 Å². The van der Waals surface area contributed by atoms with E-state index in [0.717, 1.165) is 29.0 Å². The van der Waals surface area contributed by atoms with Crippen LogP contribution in [0.4, 0.5) is 0 Å². The van der Waals surface area contributed by atoms with Gasteiger partial charge in [-0.3, -0.25) is 0 Å². The first-order valence-electron chi connectivity index (χ1n) is 10.3. The molecule has 4 rings (SSSR count). The molecule has 0 bridgehead atoms. The molecule has 0 aliphatic carbocycles. The van der Waals surface area contributed by atoms with Crippen molar-refractivity contribution in [2.75, 3.05) is 20.6 Å². The second-order valence-electron chi connectivity index (χ2n) is 8.06. The van der Waals surface area contributed by atoms with Crippen LogP contribution >= 0.6 is 11.6 Å². The third-order valence-corrected chi connectivity index (χ3v) is 5.77. The highest BCUT2D eigenvalue weighted by Gasteiger charge is 2.30. The Balaban J connectivity index is 1.97. The Labute approximate surface area is 184 Å². The van der Waals surface area contributed by atoms with Gasteiger partial charge in [0.2, 0.25) is 0 Å². The summed E-state index contributed by atoms with van der Waals surface area (Å²) in [7, 11) is 4.29. The number of halogens is 1. The largest absolute Gasteiger partial charge is 0.455 e. The SMILES string of the molecule is Cc1ccc(C2=C(Cl)C(=CC[NH+](C)C)[C@H](c3ccccc3)c3ccccc3O2)cc1. The van der Waals surface area contributed by atoms with E-state index in [4.69, 9.17) is 16.3 Å². The van der Waals surface area contributed by atoms with Crippen molar-refractivity contribution in [3.05, 3.63) is 118 Å². The summed E-state index contributed by atoms with van der Waals surface area (Å²) in [6, 6.07) is 27.1. The lowest BCUT2D eigenvalue weighted by molar-refractivity contribution is -0.851. The fraction of sp³-hybridized carbons (Fsp3) is 0.185. The van der Waals surface area contributed by atoms with Crippen LogP contribution in [0.1, 0.15) is 28.2 Å². The summed E-state index contributed by atoms with van der Waals surface area (Å²) >= 11 is 7.12. The lowest BCUT2D eigenvalue weighted by Gasteiger charge is -2.21. The molecule has 1 aliphatic heterocycles. The summed E-state index contributed by atoms with van der Waals surface area (Å²) in [5.74, 6) is 1.57. The van der Waals surface area contributed by atoms with Gasteiger partial charge < -0.3 is 9.64 Å². The number of allylic oxidation sites excluding steroid dienone is 2. The van der Waals surface area contributed by atoms with E-state index < -0.39 is 0 Å². The van der Waals surface area contributed by atoms with Crippen LogP contribution in [0.5, 0.6) is 5.75 Å². The van der Waals surface area contributed by atoms with Crippen LogP contribution in [-0.2, 0) is 0 Å². The minimum atomic E-state index is 0.0113. The van der Waals surface area contributed by atoms with E-state index in [0.29, 0.717) is 10.8 Å². The molecular formula is C27H27ClNO+. The standard InChI is InChI=1S/C27H26ClNO/c1-19-13-15-21(16-14-19)27-26(28)23(17-18-29(2)3)25(20-9-5-4-6-10-20)22-11-7-8-12-24(22)30-27/h4-17,25H,18H2,1-3H3/p+1/t25-/m1/s1. The molecule has 2 nitrogen and oxygen atoms in total. The van der Waals surface area contributed by atoms with Crippen LogP contribution in [0, 0.1) is 6.92 Å². The van der Waals surface area contributed by atoms with Crippen molar-refractivity contribution in [1.29, 1.82) is 0 Å². The first kappa shape index (κ1) is 20.5. The van der Waals surface area contributed by atoms with Gasteiger partial charge in [0.05, 0.1) is 25.7 Å². The molecule has 1 heterocycles. The molecule has 0 saturated heterocycles. The molecule has 0 amide bonds. The Morgan fingerprint density at radius 3 is 2.27 bits per heavy atom. The molecule has 0 aromatic heterocycles. The molecule has 1 aliphatic rings. The minimum Gasteiger partial charge on any atom is -0.455 e. The average Bonchev–Trinajstić information content (AvgIpc) is 2.88. The van der Waals surface area contributed by atoms with Crippen LogP contribution < -0.4 is 9.64 Å². The second-order valence-corrected chi connectivity index (χ2v) is 8.44. The lowest BCUT2D eigenvalue weighted by atomic mass is 9.84. The highest BCUT2D eigenvalue weighted by atomic mass is 35.5. The maximum absolute atomic E-state index is 7.12. The zero-order chi connectivity index (χ0) is 21.1. The number of hydrogen-bond donors (Lipinski definition) is 1. The van der Waals surface area contributed by atoms with Crippen LogP contribution in [-0.4, -0.2) is 20.6 Å². The first-order valence-corrected chi connectivity index (χ1v) is 10.7. The number of fused-ring (bicyclic) bond motifs is 1. The number of quaternary nitrogens is 1. The summed E-state index contributed by atoms with van der Waals surface area (Å²) in [6.07, 6.45) is 2.26. The topological polar surface area (TPSA) is 13.7 Å². The predicted octanol–water partition coefficient (Wildman–Crippen LogP) is 5.20. The zero-order valence-corrected chi connectivity index (χ0v) is 18.4. The highest BCUT2D eigenvalue weighted by Crippen LogP contribution is 2.47. The van der Waals surface area contributed by atoms with Gasteiger partial charge in [0.25, 0.3) is 0 Å². The van der Waals surface area contributed by atoms with Gasteiger partial charge in [-0.1, -0.05) is 90.0 Å². The quantitative estimate of drug-likeness (QED) is 0.617. The molecule has 1 N–H and O–H groups in total. The maximum atomic E-state index is 7.12. The predicted molar refractivity (Wildman–Crippen MR) is 125 cm³/mol. The van der Waals surface area contributed by atoms with Gasteiger partial charge >= 0.3 is 0 Å². The van der Waals surface area contributed by atoms with Gasteiger partial charge in [0.15, 0.2) is 5.76 Å². The number of likely N-dealkylation sites (N-methyl/N-ethyl adjacent to an activating group) is 1. The normalized spacial score (nSPS) is 17.6. The van der Waals surface area contributed by atoms with Gasteiger partial charge in [0, 0.05) is 17.0 Å². The molecular weight excluding hydrogens is 390 g/mol. The summed E-state index contributed by atoms with van der Waals surface area (Å²) < 4.78 is 6.48. The number of ether oxygens (including phenoxy) is 1. The summed E-state index contributed by atoms with van der Waals surface area (Å²) in [5, 5.41) is 0.671. The van der Waals surface area contributed by atoms with E-state index in [9.17, 15) is 0 Å². The molecule has 30 heavy (non-hydrogen) atoms. The van der Waals surface area contributed by atoms with Crippen molar-refractivity contribution < 1.29 is 9.64 Å². The van der Waals surface area contributed by atoms with Crippen LogP contribution in [0.2, 0.25) is 0 Å². The van der Waals surface area contributed by atoms with E-state index in [1.165, 1.54) is 16.0 Å². The zero-order valence-electron chi connectivity index (χ0n) is 17.7. The average molecular weight is 417 g/mol. The molecule has 0 unspecified atom stereocenters. The van der Waals surface area contributed by atoms with Crippen molar-refractivity contribution >= 4 is 17.4 Å². The summed E-state index contributed by atoms with van der Waals surface area (Å²) in [4.78, 5) is 1.34. The maximum Gasteiger partial charge on any atom is 0.153 e. The molecule has 3 aromatic carbocycles. The number of aryl methyl sites for hydroxylation is 1. The van der Waals surface area contributed by atoms with Gasteiger partial charge in [-0.15, -0.1) is 0 Å². The second kappa shape index (κ2) is 8.91. The van der Waals surface area contributed by atoms with Crippen molar-refractivity contribution in [2.45, 2.75) is 12.8 Å². The molecule has 0 spiro atoms. The Bertz CT molecular complexity index is 1080. The fourth-order valence-electron chi connectivity index (χ4n) is 3.81. The van der Waals surface area contributed by atoms with E-state index in [2.05, 4.69) is 87.8 Å². The van der Waals surface area contributed by atoms with Gasteiger partial charge in [-0.25, -0.2) is 0 Å². The van der Waals surface area contributed by atoms with Gasteiger partial charge in [0.1, 0.15) is 5.75 Å². The molecule has 3 aromatic rings. The van der Waals surface area contributed by atoms with Crippen LogP contribution in [0.15, 0.2) is 95.5 Å². The first-order chi connectivity index (χ1) is 14.5. The Kier molecular flexibility index (Phi) is 6.08.